The first kappa shape index (κ1) is 30.6. The fourth-order valence-electron chi connectivity index (χ4n) is 9.20. The molecule has 0 N–H and O–H groups in total. The first-order chi connectivity index (χ1) is 25.6. The van der Waals surface area contributed by atoms with E-state index in [9.17, 15) is 0 Å². The van der Waals surface area contributed by atoms with Crippen LogP contribution in [0.4, 0.5) is 17.1 Å². The Morgan fingerprint density at radius 1 is 0.377 bits per heavy atom. The Kier molecular flexibility index (Phi) is 5.93. The lowest BCUT2D eigenvalue weighted by Crippen LogP contribution is -2.11. The van der Waals surface area contributed by atoms with E-state index >= 15 is 0 Å². The average Bonchev–Trinajstić information content (AvgIpc) is 3.87. The summed E-state index contributed by atoms with van der Waals surface area (Å²) in [6, 6.07) is 52.3. The lowest BCUT2D eigenvalue weighted by atomic mass is 9.84. The molecule has 3 nitrogen and oxygen atoms in total. The number of benzene rings is 7. The van der Waals surface area contributed by atoms with E-state index in [1.807, 2.05) is 0 Å². The second-order valence-electron chi connectivity index (χ2n) is 17.1. The first-order valence-electron chi connectivity index (χ1n) is 18.9. The molecular weight excluding hydrogens is 643 g/mol. The van der Waals surface area contributed by atoms with Gasteiger partial charge in [-0.2, -0.15) is 0 Å². The summed E-state index contributed by atoms with van der Waals surface area (Å²) in [5, 5.41) is 10.5. The fraction of sp³-hybridized carbons (Fsp3) is 0.160. The molecule has 0 radical (unpaired) electrons. The molecule has 4 heterocycles. The standard InChI is InChI=1S/C50H41N3/c1-49(2,3)30-21-23-42-36(25-30)39-26-31(50(4,5)6)27-40-38-28-37-34-22-24-43(51(32-15-9-7-10-16-32)33-17-11-8-12-18-33)46-35-19-13-14-20-41(35)53(48(34)46)44(37)29-45(38)52(42)47(39)40/h7-29H,1-6H3. The number of hydrogen-bond donors (Lipinski definition) is 0. The zero-order valence-corrected chi connectivity index (χ0v) is 31.1. The summed E-state index contributed by atoms with van der Waals surface area (Å²) in [6.07, 6.45) is 0. The maximum absolute atomic E-state index is 2.55. The molecule has 0 aliphatic rings. The van der Waals surface area contributed by atoms with Crippen molar-refractivity contribution in [3.8, 4) is 0 Å². The number of fused-ring (bicyclic) bond motifs is 12. The molecule has 0 spiro atoms. The Hall–Kier alpha value is -6.06. The van der Waals surface area contributed by atoms with Gasteiger partial charge in [0.1, 0.15) is 0 Å². The van der Waals surface area contributed by atoms with Gasteiger partial charge in [-0.3, -0.25) is 0 Å². The van der Waals surface area contributed by atoms with Crippen molar-refractivity contribution in [1.29, 1.82) is 0 Å². The van der Waals surface area contributed by atoms with Gasteiger partial charge < -0.3 is 13.7 Å². The van der Waals surface area contributed by atoms with E-state index in [1.165, 1.54) is 93.0 Å². The molecule has 11 rings (SSSR count). The molecule has 0 unspecified atom stereocenters. The van der Waals surface area contributed by atoms with E-state index < -0.39 is 0 Å². The third kappa shape index (κ3) is 4.11. The van der Waals surface area contributed by atoms with Crippen molar-refractivity contribution in [1.82, 2.24) is 8.80 Å². The number of aromatic nitrogens is 2. The molecule has 256 valence electrons. The zero-order chi connectivity index (χ0) is 36.0. The van der Waals surface area contributed by atoms with Gasteiger partial charge in [-0.25, -0.2) is 0 Å². The van der Waals surface area contributed by atoms with Gasteiger partial charge >= 0.3 is 0 Å². The van der Waals surface area contributed by atoms with E-state index in [-0.39, 0.29) is 10.8 Å². The van der Waals surface area contributed by atoms with Crippen molar-refractivity contribution in [2.45, 2.75) is 52.4 Å². The number of nitrogens with zero attached hydrogens (tertiary/aromatic N) is 3. The van der Waals surface area contributed by atoms with E-state index in [4.69, 9.17) is 0 Å². The van der Waals surface area contributed by atoms with Crippen LogP contribution in [0.15, 0.2) is 140 Å². The third-order valence-corrected chi connectivity index (χ3v) is 11.8. The zero-order valence-electron chi connectivity index (χ0n) is 31.1. The van der Waals surface area contributed by atoms with Crippen molar-refractivity contribution in [2.75, 3.05) is 4.90 Å². The van der Waals surface area contributed by atoms with Crippen LogP contribution in [0.1, 0.15) is 52.7 Å². The van der Waals surface area contributed by atoms with Gasteiger partial charge in [0.05, 0.1) is 38.8 Å². The minimum atomic E-state index is 0.0167. The highest BCUT2D eigenvalue weighted by molar-refractivity contribution is 6.31. The summed E-state index contributed by atoms with van der Waals surface area (Å²) < 4.78 is 5.09. The molecule has 0 amide bonds. The van der Waals surface area contributed by atoms with Crippen molar-refractivity contribution in [3.63, 3.8) is 0 Å². The first-order valence-corrected chi connectivity index (χ1v) is 18.9. The normalized spacial score (nSPS) is 13.1. The second-order valence-corrected chi connectivity index (χ2v) is 17.1. The van der Waals surface area contributed by atoms with Crippen LogP contribution in [0.5, 0.6) is 0 Å². The topological polar surface area (TPSA) is 12.1 Å². The van der Waals surface area contributed by atoms with E-state index in [2.05, 4.69) is 195 Å². The number of para-hydroxylation sites is 3. The molecule has 0 aliphatic carbocycles. The Bertz CT molecular complexity index is 3180. The number of anilines is 3. The summed E-state index contributed by atoms with van der Waals surface area (Å²) in [5.41, 5.74) is 13.9. The molecule has 0 atom stereocenters. The molecule has 53 heavy (non-hydrogen) atoms. The predicted octanol–water partition coefficient (Wildman–Crippen LogP) is 14.1. The fourth-order valence-corrected chi connectivity index (χ4v) is 9.20. The van der Waals surface area contributed by atoms with Gasteiger partial charge in [-0.05, 0) is 94.8 Å². The summed E-state index contributed by atoms with van der Waals surface area (Å²) in [6.45, 7) is 14.0. The highest BCUT2D eigenvalue weighted by Crippen LogP contribution is 2.49. The number of hydrogen-bond acceptors (Lipinski definition) is 1. The van der Waals surface area contributed by atoms with Crippen molar-refractivity contribution in [3.05, 3.63) is 151 Å². The molecule has 7 aromatic carbocycles. The molecule has 4 aromatic heterocycles. The van der Waals surface area contributed by atoms with Gasteiger partial charge in [0.2, 0.25) is 0 Å². The highest BCUT2D eigenvalue weighted by Gasteiger charge is 2.27. The van der Waals surface area contributed by atoms with Crippen LogP contribution in [-0.4, -0.2) is 8.80 Å². The summed E-state index contributed by atoms with van der Waals surface area (Å²) in [7, 11) is 0. The summed E-state index contributed by atoms with van der Waals surface area (Å²) in [5.74, 6) is 0. The molecule has 0 saturated carbocycles. The minimum absolute atomic E-state index is 0.0167. The Morgan fingerprint density at radius 2 is 0.906 bits per heavy atom. The Morgan fingerprint density at radius 3 is 1.55 bits per heavy atom. The average molecular weight is 684 g/mol. The molecule has 0 aliphatic heterocycles. The van der Waals surface area contributed by atoms with Crippen molar-refractivity contribution < 1.29 is 0 Å². The summed E-state index contributed by atoms with van der Waals surface area (Å²) in [4.78, 5) is 2.41. The predicted molar refractivity (Wildman–Crippen MR) is 228 cm³/mol. The molecule has 0 saturated heterocycles. The lowest BCUT2D eigenvalue weighted by Gasteiger charge is -2.26. The van der Waals surface area contributed by atoms with Crippen LogP contribution in [0.25, 0.3) is 76.2 Å². The molecule has 0 bridgehead atoms. The molecular formula is C50H41N3. The van der Waals surface area contributed by atoms with Gasteiger partial charge in [0.15, 0.2) is 0 Å². The van der Waals surface area contributed by atoms with Gasteiger partial charge in [0, 0.05) is 54.5 Å². The maximum Gasteiger partial charge on any atom is 0.0641 e. The van der Waals surface area contributed by atoms with Crippen LogP contribution in [0, 0.1) is 0 Å². The monoisotopic (exact) mass is 683 g/mol. The Labute approximate surface area is 309 Å². The third-order valence-electron chi connectivity index (χ3n) is 11.8. The maximum atomic E-state index is 2.55. The molecule has 11 aromatic rings. The van der Waals surface area contributed by atoms with Crippen LogP contribution in [0.3, 0.4) is 0 Å². The van der Waals surface area contributed by atoms with Crippen molar-refractivity contribution in [2.24, 2.45) is 0 Å². The van der Waals surface area contributed by atoms with Gasteiger partial charge in [-0.1, -0.05) is 108 Å². The molecule has 3 heteroatoms. The van der Waals surface area contributed by atoms with Crippen LogP contribution >= 0.6 is 0 Å². The lowest BCUT2D eigenvalue weighted by molar-refractivity contribution is 0.590. The smallest absolute Gasteiger partial charge is 0.0641 e. The van der Waals surface area contributed by atoms with Crippen molar-refractivity contribution >= 4 is 93.3 Å². The SMILES string of the molecule is CC(C)(C)c1ccc2c(c1)c1cc(C(C)(C)C)cc3c4cc5c6ccc(N(c7ccccc7)c7ccccc7)c7c8ccccc8n(c5cc4n2c13)c67. The summed E-state index contributed by atoms with van der Waals surface area (Å²) >= 11 is 0. The Balaban J connectivity index is 1.30. The van der Waals surface area contributed by atoms with Crippen LogP contribution in [-0.2, 0) is 10.8 Å². The van der Waals surface area contributed by atoms with E-state index in [0.717, 1.165) is 11.4 Å². The number of rotatable bonds is 3. The van der Waals surface area contributed by atoms with Crippen LogP contribution < -0.4 is 4.90 Å². The quantitative estimate of drug-likeness (QED) is 0.180. The largest absolute Gasteiger partial charge is 0.310 e. The van der Waals surface area contributed by atoms with Gasteiger partial charge in [0.25, 0.3) is 0 Å². The highest BCUT2D eigenvalue weighted by atomic mass is 15.1. The minimum Gasteiger partial charge on any atom is -0.310 e. The van der Waals surface area contributed by atoms with Gasteiger partial charge in [-0.15, -0.1) is 0 Å². The van der Waals surface area contributed by atoms with Crippen LogP contribution in [0.2, 0.25) is 0 Å². The van der Waals surface area contributed by atoms with E-state index in [0.29, 0.717) is 0 Å². The molecule has 0 fully saturated rings. The van der Waals surface area contributed by atoms with E-state index in [1.54, 1.807) is 0 Å². The second kappa shape index (κ2) is 10.3.